The van der Waals surface area contributed by atoms with Gasteiger partial charge in [-0.25, -0.2) is 9.97 Å². The van der Waals surface area contributed by atoms with Crippen molar-refractivity contribution in [2.24, 2.45) is 0 Å². The molecule has 4 rings (SSSR count). The van der Waals surface area contributed by atoms with Gasteiger partial charge in [-0.15, -0.1) is 0 Å². The number of nitrogens with zero attached hydrogens (tertiary/aromatic N) is 3. The van der Waals surface area contributed by atoms with Gasteiger partial charge in [-0.3, -0.25) is 0 Å². The monoisotopic (exact) mass is 346 g/mol. The van der Waals surface area contributed by atoms with Crippen molar-refractivity contribution in [2.75, 3.05) is 19.3 Å². The maximum absolute atomic E-state index is 5.84. The van der Waals surface area contributed by atoms with Crippen LogP contribution in [0.4, 0.5) is 5.95 Å². The van der Waals surface area contributed by atoms with Crippen LogP contribution in [-0.2, 0) is 0 Å². The van der Waals surface area contributed by atoms with E-state index in [0.29, 0.717) is 0 Å². The minimum Gasteiger partial charge on any atom is -0.368 e. The first kappa shape index (κ1) is 16.4. The predicted molar refractivity (Wildman–Crippen MR) is 104 cm³/mol. The normalized spacial score (nSPS) is 18.6. The van der Waals surface area contributed by atoms with Gasteiger partial charge in [0.05, 0.1) is 17.1 Å². The second-order valence-corrected chi connectivity index (χ2v) is 6.47. The highest BCUT2D eigenvalue weighted by atomic mass is 15.3. The molecule has 4 N–H and O–H groups in total. The van der Waals surface area contributed by atoms with Crippen molar-refractivity contribution in [3.05, 3.63) is 77.3 Å². The van der Waals surface area contributed by atoms with Crippen LogP contribution in [0.3, 0.4) is 0 Å². The Hall–Kier alpha value is -3.12. The van der Waals surface area contributed by atoms with Crippen molar-refractivity contribution in [3.8, 4) is 0 Å². The first-order chi connectivity index (χ1) is 12.7. The lowest BCUT2D eigenvalue weighted by Gasteiger charge is -2.27. The molecule has 0 fully saturated rings. The predicted octanol–water partition coefficient (Wildman–Crippen LogP) is 2.10. The Morgan fingerprint density at radius 2 is 2.04 bits per heavy atom. The zero-order chi connectivity index (χ0) is 18.1. The lowest BCUT2D eigenvalue weighted by molar-refractivity contribution is 0.438. The fraction of sp³-hybridized carbons (Fsp3) is 0.200. The molecule has 1 aromatic carbocycles. The van der Waals surface area contributed by atoms with Crippen molar-refractivity contribution in [1.82, 2.24) is 25.5 Å². The number of nitrogens with two attached hydrogens (primary N) is 1. The Bertz CT molecular complexity index is 910. The average Bonchev–Trinajstić information content (AvgIpc) is 3.01. The number of nitrogen functional groups attached to an aromatic ring is 1. The molecular formula is C20H22N6. The molecule has 2 aliphatic heterocycles. The van der Waals surface area contributed by atoms with Gasteiger partial charge in [0, 0.05) is 18.9 Å². The highest BCUT2D eigenvalue weighted by molar-refractivity contribution is 5.91. The average molecular weight is 346 g/mol. The van der Waals surface area contributed by atoms with E-state index < -0.39 is 0 Å². The van der Waals surface area contributed by atoms with Gasteiger partial charge in [0.15, 0.2) is 0 Å². The van der Waals surface area contributed by atoms with Crippen LogP contribution in [0.15, 0.2) is 60.5 Å². The maximum atomic E-state index is 5.84. The number of fused-ring (bicyclic) bond motifs is 1. The summed E-state index contributed by atoms with van der Waals surface area (Å²) in [6.45, 7) is 2.92. The fourth-order valence-corrected chi connectivity index (χ4v) is 3.31. The molecule has 26 heavy (non-hydrogen) atoms. The van der Waals surface area contributed by atoms with Crippen LogP contribution < -0.4 is 16.4 Å². The van der Waals surface area contributed by atoms with E-state index in [2.05, 4.69) is 75.0 Å². The summed E-state index contributed by atoms with van der Waals surface area (Å²) in [6.07, 6.45) is 8.19. The summed E-state index contributed by atoms with van der Waals surface area (Å²) in [7, 11) is 1.95. The van der Waals surface area contributed by atoms with Crippen LogP contribution in [0, 0.1) is 6.92 Å². The van der Waals surface area contributed by atoms with E-state index in [0.717, 1.165) is 29.2 Å². The SMILES string of the molecule is CNCC1=CC2NC(c3ccc(C)cc3)=C(c3ccnc(N)n3)N2C=C1. The van der Waals surface area contributed by atoms with Crippen molar-refractivity contribution in [3.63, 3.8) is 0 Å². The molecular weight excluding hydrogens is 324 g/mol. The summed E-state index contributed by atoms with van der Waals surface area (Å²) in [5, 5.41) is 6.83. The fourth-order valence-electron chi connectivity index (χ4n) is 3.31. The van der Waals surface area contributed by atoms with Gasteiger partial charge < -0.3 is 21.3 Å². The number of benzene rings is 1. The Labute approximate surface area is 153 Å². The van der Waals surface area contributed by atoms with Gasteiger partial charge in [0.25, 0.3) is 0 Å². The molecule has 6 heteroatoms. The first-order valence-corrected chi connectivity index (χ1v) is 8.64. The third-order valence-electron chi connectivity index (χ3n) is 4.55. The summed E-state index contributed by atoms with van der Waals surface area (Å²) < 4.78 is 0. The molecule has 2 aliphatic rings. The number of nitrogens with one attached hydrogen (secondary N) is 2. The molecule has 0 radical (unpaired) electrons. The van der Waals surface area contributed by atoms with E-state index in [1.807, 2.05) is 13.1 Å². The number of likely N-dealkylation sites (N-methyl/N-ethyl adjacent to an activating group) is 1. The van der Waals surface area contributed by atoms with Crippen molar-refractivity contribution < 1.29 is 0 Å². The Morgan fingerprint density at radius 1 is 1.23 bits per heavy atom. The second-order valence-electron chi connectivity index (χ2n) is 6.47. The molecule has 0 amide bonds. The van der Waals surface area contributed by atoms with Gasteiger partial charge >= 0.3 is 0 Å². The van der Waals surface area contributed by atoms with E-state index in [1.54, 1.807) is 6.20 Å². The Balaban J connectivity index is 1.81. The molecule has 0 aliphatic carbocycles. The number of hydrogen-bond donors (Lipinski definition) is 3. The first-order valence-electron chi connectivity index (χ1n) is 8.64. The Morgan fingerprint density at radius 3 is 2.77 bits per heavy atom. The van der Waals surface area contributed by atoms with E-state index in [4.69, 9.17) is 5.73 Å². The van der Waals surface area contributed by atoms with Crippen LogP contribution in [0.25, 0.3) is 11.4 Å². The number of aryl methyl sites for hydroxylation is 1. The summed E-state index contributed by atoms with van der Waals surface area (Å²) in [4.78, 5) is 10.7. The third-order valence-corrected chi connectivity index (χ3v) is 4.55. The minimum atomic E-state index is 0.0471. The molecule has 0 saturated heterocycles. The van der Waals surface area contributed by atoms with Gasteiger partial charge in [0.2, 0.25) is 5.95 Å². The molecule has 0 bridgehead atoms. The van der Waals surface area contributed by atoms with Crippen LogP contribution in [-0.4, -0.2) is 34.6 Å². The van der Waals surface area contributed by atoms with E-state index in [9.17, 15) is 0 Å². The molecule has 132 valence electrons. The molecule has 1 unspecified atom stereocenters. The molecule has 1 atom stereocenters. The van der Waals surface area contributed by atoms with E-state index >= 15 is 0 Å². The standard InChI is InChI=1S/C20H22N6/c1-13-3-5-15(6-4-13)18-19(16-7-9-23-20(21)24-16)26-10-8-14(12-22-2)11-17(26)25-18/h3-11,17,22,25H,12H2,1-2H3,(H2,21,23,24). The number of hydrogen-bond acceptors (Lipinski definition) is 6. The summed E-state index contributed by atoms with van der Waals surface area (Å²) >= 11 is 0. The zero-order valence-corrected chi connectivity index (χ0v) is 14.9. The lowest BCUT2D eigenvalue weighted by Crippen LogP contribution is -2.34. The maximum Gasteiger partial charge on any atom is 0.220 e. The molecule has 0 saturated carbocycles. The van der Waals surface area contributed by atoms with Crippen LogP contribution >= 0.6 is 0 Å². The van der Waals surface area contributed by atoms with Crippen LogP contribution in [0.2, 0.25) is 0 Å². The largest absolute Gasteiger partial charge is 0.368 e. The summed E-state index contributed by atoms with van der Waals surface area (Å²) in [5.41, 5.74) is 12.3. The highest BCUT2D eigenvalue weighted by Crippen LogP contribution is 2.36. The van der Waals surface area contributed by atoms with Crippen LogP contribution in [0.5, 0.6) is 0 Å². The number of rotatable bonds is 4. The molecule has 1 aromatic heterocycles. The number of anilines is 1. The molecule has 3 heterocycles. The zero-order valence-electron chi connectivity index (χ0n) is 14.9. The van der Waals surface area contributed by atoms with Gasteiger partial charge in [-0.1, -0.05) is 29.8 Å². The number of aromatic nitrogens is 2. The van der Waals surface area contributed by atoms with Gasteiger partial charge in [-0.2, -0.15) is 0 Å². The third kappa shape index (κ3) is 2.95. The van der Waals surface area contributed by atoms with Gasteiger partial charge in [-0.05, 0) is 43.3 Å². The van der Waals surface area contributed by atoms with E-state index in [1.165, 1.54) is 11.1 Å². The Kier molecular flexibility index (Phi) is 4.18. The topological polar surface area (TPSA) is 79.1 Å². The quantitative estimate of drug-likeness (QED) is 0.787. The smallest absolute Gasteiger partial charge is 0.220 e. The highest BCUT2D eigenvalue weighted by Gasteiger charge is 2.32. The minimum absolute atomic E-state index is 0.0471. The molecule has 6 nitrogen and oxygen atoms in total. The second kappa shape index (κ2) is 6.65. The van der Waals surface area contributed by atoms with Crippen molar-refractivity contribution >= 4 is 17.3 Å². The summed E-state index contributed by atoms with van der Waals surface area (Å²) in [5.74, 6) is 0.272. The summed E-state index contributed by atoms with van der Waals surface area (Å²) in [6, 6.07) is 10.4. The van der Waals surface area contributed by atoms with Crippen molar-refractivity contribution in [1.29, 1.82) is 0 Å². The lowest BCUT2D eigenvalue weighted by atomic mass is 10.1. The van der Waals surface area contributed by atoms with Crippen molar-refractivity contribution in [2.45, 2.75) is 13.1 Å². The van der Waals surface area contributed by atoms with E-state index in [-0.39, 0.29) is 12.1 Å². The van der Waals surface area contributed by atoms with Crippen LogP contribution in [0.1, 0.15) is 16.8 Å². The van der Waals surface area contributed by atoms with Gasteiger partial charge in [0.1, 0.15) is 6.17 Å². The molecule has 2 aromatic rings. The molecule has 0 spiro atoms.